The van der Waals surface area contributed by atoms with Crippen molar-refractivity contribution in [3.63, 3.8) is 0 Å². The van der Waals surface area contributed by atoms with Gasteiger partial charge in [0.05, 0.1) is 6.61 Å². The van der Waals surface area contributed by atoms with Crippen molar-refractivity contribution < 1.29 is 4.74 Å². The highest BCUT2D eigenvalue weighted by Crippen LogP contribution is 2.32. The Hall–Kier alpha value is -1.76. The van der Waals surface area contributed by atoms with Crippen molar-refractivity contribution in [2.24, 2.45) is 0 Å². The van der Waals surface area contributed by atoms with E-state index in [0.717, 1.165) is 18.8 Å². The van der Waals surface area contributed by atoms with E-state index in [4.69, 9.17) is 4.74 Å². The maximum atomic E-state index is 6.14. The van der Waals surface area contributed by atoms with Gasteiger partial charge in [-0.05, 0) is 47.4 Å². The third kappa shape index (κ3) is 4.37. The molecular formula is C21H28O. The molecule has 0 aliphatic rings. The van der Waals surface area contributed by atoms with Crippen LogP contribution in [0.15, 0.2) is 48.5 Å². The molecule has 0 fully saturated rings. The average molecular weight is 296 g/mol. The van der Waals surface area contributed by atoms with Gasteiger partial charge in [-0.2, -0.15) is 0 Å². The molecule has 2 aromatic carbocycles. The Bertz CT molecular complexity index is 593. The molecule has 0 aliphatic heterocycles. The Morgan fingerprint density at radius 3 is 2.32 bits per heavy atom. The summed E-state index contributed by atoms with van der Waals surface area (Å²) in [7, 11) is 0. The number of hydrogen-bond acceptors (Lipinski definition) is 1. The summed E-state index contributed by atoms with van der Waals surface area (Å²) in [5.41, 5.74) is 4.02. The second kappa shape index (κ2) is 7.00. The summed E-state index contributed by atoms with van der Waals surface area (Å²) < 4.78 is 6.14. The summed E-state index contributed by atoms with van der Waals surface area (Å²) in [4.78, 5) is 0. The highest BCUT2D eigenvalue weighted by atomic mass is 16.5. The molecule has 1 unspecified atom stereocenters. The molecule has 0 heterocycles. The monoisotopic (exact) mass is 296 g/mol. The number of aryl methyl sites for hydroxylation is 1. The number of benzene rings is 2. The Kier molecular flexibility index (Phi) is 5.28. The standard InChI is InChI=1S/C21H28O/c1-16-11-12-19(21(3,4)5)20(15-16)22-14-13-17(2)18-9-7-6-8-10-18/h6-12,15,17H,13-14H2,1-5H3. The van der Waals surface area contributed by atoms with Crippen LogP contribution in [-0.4, -0.2) is 6.61 Å². The lowest BCUT2D eigenvalue weighted by Crippen LogP contribution is -2.14. The van der Waals surface area contributed by atoms with E-state index in [2.05, 4.69) is 83.1 Å². The summed E-state index contributed by atoms with van der Waals surface area (Å²) in [5, 5.41) is 0. The van der Waals surface area contributed by atoms with Gasteiger partial charge in [0.25, 0.3) is 0 Å². The van der Waals surface area contributed by atoms with Gasteiger partial charge in [-0.15, -0.1) is 0 Å². The fourth-order valence-electron chi connectivity index (χ4n) is 2.66. The maximum Gasteiger partial charge on any atom is 0.123 e. The number of hydrogen-bond donors (Lipinski definition) is 0. The van der Waals surface area contributed by atoms with E-state index in [1.807, 2.05) is 0 Å². The minimum atomic E-state index is 0.105. The first kappa shape index (κ1) is 16.6. The van der Waals surface area contributed by atoms with Crippen LogP contribution in [0.5, 0.6) is 5.75 Å². The van der Waals surface area contributed by atoms with Gasteiger partial charge in [0.15, 0.2) is 0 Å². The predicted octanol–water partition coefficient (Wildman–Crippen LogP) is 5.87. The highest BCUT2D eigenvalue weighted by molar-refractivity contribution is 5.41. The average Bonchev–Trinajstić information content (AvgIpc) is 2.47. The van der Waals surface area contributed by atoms with Gasteiger partial charge in [-0.25, -0.2) is 0 Å². The molecule has 2 aromatic rings. The number of rotatable bonds is 5. The zero-order chi connectivity index (χ0) is 16.2. The van der Waals surface area contributed by atoms with Crippen LogP contribution >= 0.6 is 0 Å². The summed E-state index contributed by atoms with van der Waals surface area (Å²) in [6, 6.07) is 17.2. The van der Waals surface area contributed by atoms with Gasteiger partial charge in [0.2, 0.25) is 0 Å². The summed E-state index contributed by atoms with van der Waals surface area (Å²) in [6.07, 6.45) is 1.03. The Balaban J connectivity index is 2.01. The summed E-state index contributed by atoms with van der Waals surface area (Å²) in [6.45, 7) is 11.8. The third-order valence-electron chi connectivity index (χ3n) is 4.12. The first-order chi connectivity index (χ1) is 10.4. The summed E-state index contributed by atoms with van der Waals surface area (Å²) in [5.74, 6) is 1.55. The molecule has 1 nitrogen and oxygen atoms in total. The molecule has 1 atom stereocenters. The second-order valence-electron chi connectivity index (χ2n) is 7.20. The second-order valence-corrected chi connectivity index (χ2v) is 7.20. The molecule has 0 aromatic heterocycles. The van der Waals surface area contributed by atoms with Crippen molar-refractivity contribution in [3.05, 3.63) is 65.2 Å². The third-order valence-corrected chi connectivity index (χ3v) is 4.12. The Morgan fingerprint density at radius 2 is 1.68 bits per heavy atom. The van der Waals surface area contributed by atoms with Crippen LogP contribution in [0.4, 0.5) is 0 Å². The first-order valence-corrected chi connectivity index (χ1v) is 8.17. The van der Waals surface area contributed by atoms with Crippen LogP contribution in [0.25, 0.3) is 0 Å². The van der Waals surface area contributed by atoms with Crippen molar-refractivity contribution in [3.8, 4) is 5.75 Å². The molecule has 0 saturated carbocycles. The molecule has 2 rings (SSSR count). The molecular weight excluding hydrogens is 268 g/mol. The lowest BCUT2D eigenvalue weighted by atomic mass is 9.86. The molecule has 0 bridgehead atoms. The van der Waals surface area contributed by atoms with Crippen molar-refractivity contribution >= 4 is 0 Å². The zero-order valence-electron chi connectivity index (χ0n) is 14.5. The lowest BCUT2D eigenvalue weighted by Gasteiger charge is -2.23. The van der Waals surface area contributed by atoms with Crippen LogP contribution in [-0.2, 0) is 5.41 Å². The van der Waals surface area contributed by atoms with E-state index in [1.54, 1.807) is 0 Å². The zero-order valence-corrected chi connectivity index (χ0v) is 14.5. The molecule has 118 valence electrons. The molecule has 1 heteroatoms. The number of ether oxygens (including phenoxy) is 1. The minimum Gasteiger partial charge on any atom is -0.493 e. The van der Waals surface area contributed by atoms with Gasteiger partial charge >= 0.3 is 0 Å². The molecule has 0 saturated heterocycles. The predicted molar refractivity (Wildman–Crippen MR) is 94.8 cm³/mol. The molecule has 0 aliphatic carbocycles. The molecule has 0 spiro atoms. The quantitative estimate of drug-likeness (QED) is 0.671. The smallest absolute Gasteiger partial charge is 0.123 e. The van der Waals surface area contributed by atoms with E-state index in [0.29, 0.717) is 5.92 Å². The van der Waals surface area contributed by atoms with Gasteiger partial charge < -0.3 is 4.74 Å². The largest absolute Gasteiger partial charge is 0.493 e. The van der Waals surface area contributed by atoms with Crippen molar-refractivity contribution in [2.75, 3.05) is 6.61 Å². The topological polar surface area (TPSA) is 9.23 Å². The van der Waals surface area contributed by atoms with Crippen molar-refractivity contribution in [2.45, 2.75) is 52.4 Å². The molecule has 0 amide bonds. The highest BCUT2D eigenvalue weighted by Gasteiger charge is 2.19. The van der Waals surface area contributed by atoms with Gasteiger partial charge in [-0.3, -0.25) is 0 Å². The molecule has 0 N–H and O–H groups in total. The maximum absolute atomic E-state index is 6.14. The first-order valence-electron chi connectivity index (χ1n) is 8.17. The minimum absolute atomic E-state index is 0.105. The summed E-state index contributed by atoms with van der Waals surface area (Å²) >= 11 is 0. The SMILES string of the molecule is Cc1ccc(C(C)(C)C)c(OCCC(C)c2ccccc2)c1. The van der Waals surface area contributed by atoms with Gasteiger partial charge in [0, 0.05) is 0 Å². The Labute approximate surface area is 135 Å². The fourth-order valence-corrected chi connectivity index (χ4v) is 2.66. The molecule has 22 heavy (non-hydrogen) atoms. The van der Waals surface area contributed by atoms with E-state index in [-0.39, 0.29) is 5.41 Å². The molecule has 0 radical (unpaired) electrons. The fraction of sp³-hybridized carbons (Fsp3) is 0.429. The Morgan fingerprint density at radius 1 is 1.00 bits per heavy atom. The van der Waals surface area contributed by atoms with Crippen LogP contribution in [0, 0.1) is 6.92 Å². The van der Waals surface area contributed by atoms with Crippen LogP contribution in [0.1, 0.15) is 56.7 Å². The van der Waals surface area contributed by atoms with Crippen LogP contribution in [0.3, 0.4) is 0 Å². The van der Waals surface area contributed by atoms with Crippen molar-refractivity contribution in [1.82, 2.24) is 0 Å². The van der Waals surface area contributed by atoms with E-state index in [9.17, 15) is 0 Å². The van der Waals surface area contributed by atoms with Gasteiger partial charge in [-0.1, -0.05) is 70.2 Å². The normalized spacial score (nSPS) is 13.0. The van der Waals surface area contributed by atoms with Crippen LogP contribution in [0.2, 0.25) is 0 Å². The van der Waals surface area contributed by atoms with Crippen molar-refractivity contribution in [1.29, 1.82) is 0 Å². The van der Waals surface area contributed by atoms with Crippen LogP contribution < -0.4 is 4.74 Å². The van der Waals surface area contributed by atoms with Gasteiger partial charge in [0.1, 0.15) is 5.75 Å². The van der Waals surface area contributed by atoms with E-state index < -0.39 is 0 Å². The van der Waals surface area contributed by atoms with E-state index >= 15 is 0 Å². The lowest BCUT2D eigenvalue weighted by molar-refractivity contribution is 0.293. The van der Waals surface area contributed by atoms with E-state index in [1.165, 1.54) is 16.7 Å².